The van der Waals surface area contributed by atoms with Crippen molar-refractivity contribution in [2.24, 2.45) is 0 Å². The Morgan fingerprint density at radius 3 is 2.34 bits per heavy atom. The normalized spacial score (nSPS) is 11.5. The zero-order valence-corrected chi connectivity index (χ0v) is 20.4. The molecule has 6 heteroatoms. The molecule has 2 amide bonds. The molecule has 184 valence electrons. The number of unbranched alkanes of at least 4 members (excludes halogenated alkanes) is 1. The van der Waals surface area contributed by atoms with Crippen molar-refractivity contribution >= 4 is 11.8 Å². The Bertz CT molecular complexity index is 1090. The lowest BCUT2D eigenvalue weighted by atomic mass is 10.0. The maximum atomic E-state index is 13.5. The van der Waals surface area contributed by atoms with E-state index in [-0.39, 0.29) is 30.8 Å². The van der Waals surface area contributed by atoms with Gasteiger partial charge >= 0.3 is 0 Å². The van der Waals surface area contributed by atoms with Crippen LogP contribution >= 0.6 is 0 Å². The van der Waals surface area contributed by atoms with E-state index < -0.39 is 6.04 Å². The summed E-state index contributed by atoms with van der Waals surface area (Å²) < 4.78 is 18.9. The maximum Gasteiger partial charge on any atom is 0.261 e. The maximum absolute atomic E-state index is 13.5. The largest absolute Gasteiger partial charge is 0.484 e. The predicted octanol–water partition coefficient (Wildman–Crippen LogP) is 5.07. The van der Waals surface area contributed by atoms with Gasteiger partial charge in [0.2, 0.25) is 5.91 Å². The first-order valence-electron chi connectivity index (χ1n) is 12.0. The van der Waals surface area contributed by atoms with Gasteiger partial charge in [0.05, 0.1) is 0 Å². The standard InChI is InChI=1S/C29H33FN2O3/c1-3-4-18-31-29(34)27(19-23-11-6-5-7-12-23)32(20-24-13-9-8-10-22(24)2)28(33)21-35-26-16-14-25(30)15-17-26/h5-17,27H,3-4,18-21H2,1-2H3,(H,31,34)/t27-/m0/s1. The summed E-state index contributed by atoms with van der Waals surface area (Å²) in [4.78, 5) is 28.5. The van der Waals surface area contributed by atoms with Gasteiger partial charge in [-0.15, -0.1) is 0 Å². The summed E-state index contributed by atoms with van der Waals surface area (Å²) in [7, 11) is 0. The number of hydrogen-bond donors (Lipinski definition) is 1. The summed E-state index contributed by atoms with van der Waals surface area (Å²) in [6.07, 6.45) is 2.21. The molecule has 0 aliphatic rings. The first kappa shape index (κ1) is 25.9. The zero-order valence-electron chi connectivity index (χ0n) is 20.4. The van der Waals surface area contributed by atoms with Crippen LogP contribution in [0.3, 0.4) is 0 Å². The van der Waals surface area contributed by atoms with Crippen LogP contribution in [0.2, 0.25) is 0 Å². The fraction of sp³-hybridized carbons (Fsp3) is 0.310. The van der Waals surface area contributed by atoms with E-state index in [0.29, 0.717) is 18.7 Å². The smallest absolute Gasteiger partial charge is 0.261 e. The van der Waals surface area contributed by atoms with Crippen molar-refractivity contribution in [2.75, 3.05) is 13.2 Å². The number of ether oxygens (including phenoxy) is 1. The molecule has 35 heavy (non-hydrogen) atoms. The van der Waals surface area contributed by atoms with Crippen molar-refractivity contribution in [3.8, 4) is 5.75 Å². The van der Waals surface area contributed by atoms with Gasteiger partial charge in [-0.1, -0.05) is 67.9 Å². The molecule has 5 nitrogen and oxygen atoms in total. The van der Waals surface area contributed by atoms with Gasteiger partial charge in [-0.3, -0.25) is 9.59 Å². The van der Waals surface area contributed by atoms with Crippen molar-refractivity contribution in [3.63, 3.8) is 0 Å². The minimum atomic E-state index is -0.710. The number of rotatable bonds is 12. The third-order valence-corrected chi connectivity index (χ3v) is 5.88. The van der Waals surface area contributed by atoms with Crippen LogP contribution in [0.5, 0.6) is 5.75 Å². The zero-order chi connectivity index (χ0) is 25.0. The van der Waals surface area contributed by atoms with E-state index in [9.17, 15) is 14.0 Å². The number of amides is 2. The first-order chi connectivity index (χ1) is 17.0. The monoisotopic (exact) mass is 476 g/mol. The van der Waals surface area contributed by atoms with Gasteiger partial charge in [0.15, 0.2) is 6.61 Å². The van der Waals surface area contributed by atoms with Gasteiger partial charge in [-0.05, 0) is 54.3 Å². The van der Waals surface area contributed by atoms with Crippen molar-refractivity contribution in [1.29, 1.82) is 0 Å². The summed E-state index contributed by atoms with van der Waals surface area (Å²) >= 11 is 0. The molecule has 1 N–H and O–H groups in total. The van der Waals surface area contributed by atoms with E-state index >= 15 is 0 Å². The van der Waals surface area contributed by atoms with Crippen molar-refractivity contribution in [1.82, 2.24) is 10.2 Å². The highest BCUT2D eigenvalue weighted by atomic mass is 19.1. The van der Waals surface area contributed by atoms with E-state index in [4.69, 9.17) is 4.74 Å². The quantitative estimate of drug-likeness (QED) is 0.372. The highest BCUT2D eigenvalue weighted by Gasteiger charge is 2.30. The Balaban J connectivity index is 1.88. The molecule has 0 spiro atoms. The molecular weight excluding hydrogens is 443 g/mol. The lowest BCUT2D eigenvalue weighted by Crippen LogP contribution is -2.52. The minimum absolute atomic E-state index is 0.189. The molecule has 3 aromatic carbocycles. The van der Waals surface area contributed by atoms with Crippen LogP contribution in [0.1, 0.15) is 36.5 Å². The summed E-state index contributed by atoms with van der Waals surface area (Å²) in [5.74, 6) is -0.491. The molecule has 0 saturated carbocycles. The topological polar surface area (TPSA) is 58.6 Å². The number of nitrogens with one attached hydrogen (secondary N) is 1. The Hall–Kier alpha value is -3.67. The van der Waals surface area contributed by atoms with Crippen LogP contribution in [-0.2, 0) is 22.6 Å². The van der Waals surface area contributed by atoms with Crippen molar-refractivity contribution in [2.45, 2.75) is 45.7 Å². The van der Waals surface area contributed by atoms with Crippen LogP contribution in [-0.4, -0.2) is 35.9 Å². The number of carbonyl (C=O) groups is 2. The molecule has 0 aliphatic heterocycles. The van der Waals surface area contributed by atoms with Crippen molar-refractivity contribution < 1.29 is 18.7 Å². The molecule has 0 aliphatic carbocycles. The first-order valence-corrected chi connectivity index (χ1v) is 12.0. The van der Waals surface area contributed by atoms with E-state index in [2.05, 4.69) is 12.2 Å². The molecule has 0 bridgehead atoms. The van der Waals surface area contributed by atoms with Crippen LogP contribution in [0.25, 0.3) is 0 Å². The lowest BCUT2D eigenvalue weighted by molar-refractivity contribution is -0.142. The Labute approximate surface area is 206 Å². The number of hydrogen-bond acceptors (Lipinski definition) is 3. The highest BCUT2D eigenvalue weighted by molar-refractivity contribution is 5.88. The van der Waals surface area contributed by atoms with Gasteiger partial charge in [0.25, 0.3) is 5.91 Å². The molecule has 0 radical (unpaired) electrons. The average molecular weight is 477 g/mol. The molecule has 0 aromatic heterocycles. The van der Waals surface area contributed by atoms with Crippen LogP contribution in [0.4, 0.5) is 4.39 Å². The average Bonchev–Trinajstić information content (AvgIpc) is 2.87. The van der Waals surface area contributed by atoms with Crippen molar-refractivity contribution in [3.05, 3.63) is 101 Å². The van der Waals surface area contributed by atoms with E-state index in [0.717, 1.165) is 29.5 Å². The number of halogens is 1. The molecule has 0 heterocycles. The van der Waals surface area contributed by atoms with E-state index in [1.165, 1.54) is 24.3 Å². The number of carbonyl (C=O) groups excluding carboxylic acids is 2. The van der Waals surface area contributed by atoms with Gasteiger partial charge in [0.1, 0.15) is 17.6 Å². The van der Waals surface area contributed by atoms with E-state index in [1.54, 1.807) is 4.90 Å². The summed E-state index contributed by atoms with van der Waals surface area (Å²) in [5.41, 5.74) is 2.96. The number of nitrogens with zero attached hydrogens (tertiary/aromatic N) is 1. The molecule has 3 rings (SSSR count). The Kier molecular flexibility index (Phi) is 9.84. The molecule has 0 unspecified atom stereocenters. The van der Waals surface area contributed by atoms with Gasteiger partial charge in [-0.2, -0.15) is 0 Å². The number of aryl methyl sites for hydroxylation is 1. The molecule has 3 aromatic rings. The number of benzene rings is 3. The van der Waals surface area contributed by atoms with Gasteiger partial charge in [0, 0.05) is 19.5 Å². The fourth-order valence-corrected chi connectivity index (χ4v) is 3.79. The molecule has 1 atom stereocenters. The second-order valence-corrected chi connectivity index (χ2v) is 8.54. The van der Waals surface area contributed by atoms with E-state index in [1.807, 2.05) is 61.5 Å². The Morgan fingerprint density at radius 1 is 0.971 bits per heavy atom. The Morgan fingerprint density at radius 2 is 1.66 bits per heavy atom. The van der Waals surface area contributed by atoms with Crippen LogP contribution in [0.15, 0.2) is 78.9 Å². The third kappa shape index (κ3) is 7.95. The molecular formula is C29H33FN2O3. The second kappa shape index (κ2) is 13.3. The summed E-state index contributed by atoms with van der Waals surface area (Å²) in [6, 6.07) is 22.3. The molecule has 0 fully saturated rings. The molecule has 0 saturated heterocycles. The SMILES string of the molecule is CCCCNC(=O)[C@H](Cc1ccccc1)N(Cc1ccccc1C)C(=O)COc1ccc(F)cc1. The second-order valence-electron chi connectivity index (χ2n) is 8.54. The minimum Gasteiger partial charge on any atom is -0.484 e. The van der Waals surface area contributed by atoms with Crippen LogP contribution in [0, 0.1) is 12.7 Å². The lowest BCUT2D eigenvalue weighted by Gasteiger charge is -2.32. The summed E-state index contributed by atoms with van der Waals surface area (Å²) in [5, 5.41) is 3.00. The summed E-state index contributed by atoms with van der Waals surface area (Å²) in [6.45, 7) is 4.62. The fourth-order valence-electron chi connectivity index (χ4n) is 3.79. The van der Waals surface area contributed by atoms with Gasteiger partial charge < -0.3 is 15.0 Å². The third-order valence-electron chi connectivity index (χ3n) is 5.88. The van der Waals surface area contributed by atoms with Crippen LogP contribution < -0.4 is 10.1 Å². The predicted molar refractivity (Wildman–Crippen MR) is 135 cm³/mol. The highest BCUT2D eigenvalue weighted by Crippen LogP contribution is 2.18. The van der Waals surface area contributed by atoms with Gasteiger partial charge in [-0.25, -0.2) is 4.39 Å².